The Kier molecular flexibility index (Phi) is 9.59. The molecule has 16 aromatic rings. The average Bonchev–Trinajstić information content (AvgIpc) is 4.44. The molecule has 16 rings (SSSR count). The molecule has 5 nitrogen and oxygen atoms in total. The van der Waals surface area contributed by atoms with Gasteiger partial charge in [-0.2, -0.15) is 0 Å². The third kappa shape index (κ3) is 6.37. The van der Waals surface area contributed by atoms with Gasteiger partial charge >= 0.3 is 0 Å². The van der Waals surface area contributed by atoms with Crippen molar-refractivity contribution in [3.63, 3.8) is 0 Å². The van der Waals surface area contributed by atoms with Crippen molar-refractivity contribution in [2.24, 2.45) is 0 Å². The Balaban J connectivity index is 1.03. The van der Waals surface area contributed by atoms with Crippen LogP contribution in [0.5, 0.6) is 0 Å². The summed E-state index contributed by atoms with van der Waals surface area (Å²) >= 11 is 0. The lowest BCUT2D eigenvalue weighted by atomic mass is 10.1. The third-order valence-corrected chi connectivity index (χ3v) is 21.0. The lowest BCUT2D eigenvalue weighted by molar-refractivity contribution is 1.02. The van der Waals surface area contributed by atoms with Crippen LogP contribution in [-0.2, 0) is 0 Å². The van der Waals surface area contributed by atoms with Crippen LogP contribution < -0.4 is 20.7 Å². The Bertz CT molecular complexity index is 4800. The first-order valence-electron chi connectivity index (χ1n) is 26.5. The van der Waals surface area contributed by atoms with Gasteiger partial charge in [-0.3, -0.25) is 9.13 Å². The Morgan fingerprint density at radius 3 is 0.922 bits per heavy atom. The lowest BCUT2D eigenvalue weighted by Gasteiger charge is -2.35. The van der Waals surface area contributed by atoms with Gasteiger partial charge in [0.1, 0.15) is 11.6 Å². The van der Waals surface area contributed by atoms with Crippen LogP contribution in [0, 0.1) is 0 Å². The molecule has 0 saturated carbocycles. The molecular formula is C71H47N5Si. The lowest BCUT2D eigenvalue weighted by Crippen LogP contribution is -2.75. The van der Waals surface area contributed by atoms with Crippen LogP contribution >= 0.6 is 0 Å². The topological polar surface area (TPSA) is 32.6 Å². The van der Waals surface area contributed by atoms with Gasteiger partial charge in [-0.15, -0.1) is 0 Å². The molecule has 0 unspecified atom stereocenters. The van der Waals surface area contributed by atoms with E-state index in [2.05, 4.69) is 303 Å². The molecular weight excluding hydrogens is 951 g/mol. The van der Waals surface area contributed by atoms with Crippen molar-refractivity contribution in [3.05, 3.63) is 285 Å². The van der Waals surface area contributed by atoms with Crippen LogP contribution in [0.2, 0.25) is 0 Å². The molecule has 0 aliphatic carbocycles. The first-order valence-corrected chi connectivity index (χ1v) is 28.5. The summed E-state index contributed by atoms with van der Waals surface area (Å²) < 4.78 is 9.69. The van der Waals surface area contributed by atoms with E-state index in [0.29, 0.717) is 0 Å². The number of hydrogen-bond acceptors (Lipinski definition) is 1. The van der Waals surface area contributed by atoms with E-state index < -0.39 is 8.07 Å². The number of para-hydroxylation sites is 7. The number of pyridine rings is 1. The zero-order valence-corrected chi connectivity index (χ0v) is 42.9. The van der Waals surface area contributed by atoms with Gasteiger partial charge in [0.2, 0.25) is 0 Å². The first kappa shape index (κ1) is 43.4. The molecule has 0 atom stereocenters. The maximum atomic E-state index is 5.93. The molecule has 0 aliphatic rings. The smallest absolute Gasteiger partial charge is 0.179 e. The highest BCUT2D eigenvalue weighted by molar-refractivity contribution is 7.20. The zero-order valence-electron chi connectivity index (χ0n) is 41.9. The van der Waals surface area contributed by atoms with Crippen LogP contribution in [0.4, 0.5) is 0 Å². The number of benzene rings is 11. The van der Waals surface area contributed by atoms with E-state index in [1.807, 2.05) is 0 Å². The summed E-state index contributed by atoms with van der Waals surface area (Å²) in [6.07, 6.45) is 0. The van der Waals surface area contributed by atoms with E-state index in [1.54, 1.807) is 0 Å². The van der Waals surface area contributed by atoms with Gasteiger partial charge in [0.15, 0.2) is 8.07 Å². The number of aromatic nitrogens is 5. The van der Waals surface area contributed by atoms with Crippen LogP contribution in [0.25, 0.3) is 110 Å². The van der Waals surface area contributed by atoms with E-state index >= 15 is 0 Å². The van der Waals surface area contributed by atoms with E-state index in [9.17, 15) is 0 Å². The van der Waals surface area contributed by atoms with E-state index in [0.717, 1.165) is 45.1 Å². The summed E-state index contributed by atoms with van der Waals surface area (Å²) in [5.41, 5.74) is 11.4. The molecule has 0 fully saturated rings. The summed E-state index contributed by atoms with van der Waals surface area (Å²) in [6.45, 7) is 0. The van der Waals surface area contributed by atoms with Gasteiger partial charge < -0.3 is 9.13 Å². The predicted octanol–water partition coefficient (Wildman–Crippen LogP) is 14.8. The average molecular weight is 998 g/mol. The van der Waals surface area contributed by atoms with E-state index in [-0.39, 0.29) is 0 Å². The molecule has 0 aliphatic heterocycles. The van der Waals surface area contributed by atoms with Gasteiger partial charge in [0.25, 0.3) is 0 Å². The van der Waals surface area contributed by atoms with Crippen LogP contribution in [0.1, 0.15) is 0 Å². The third-order valence-electron chi connectivity index (χ3n) is 16.3. The van der Waals surface area contributed by atoms with Crippen molar-refractivity contribution in [2.75, 3.05) is 0 Å². The largest absolute Gasteiger partial charge is 0.309 e. The summed E-state index contributed by atoms with van der Waals surface area (Å²) in [7, 11) is -3.32. The van der Waals surface area contributed by atoms with Crippen molar-refractivity contribution in [3.8, 4) is 23.0 Å². The molecule has 0 bridgehead atoms. The SMILES string of the molecule is c1ccc([Si](c2ccccc2)(c2cccc(-n3c4ccccc4c4ccccc43)c2)c2cc(-n3c4ccccc4c4ccccc43)nc(-n3c4ccccc4c4cc(-n5c6ccccc6c6ccccc65)ccc43)c2)cc1. The zero-order chi connectivity index (χ0) is 50.6. The molecule has 360 valence electrons. The quantitative estimate of drug-likeness (QED) is 0.110. The second-order valence-electron chi connectivity index (χ2n) is 20.3. The molecule has 0 saturated heterocycles. The fraction of sp³-hybridized carbons (Fsp3) is 0. The fourth-order valence-corrected chi connectivity index (χ4v) is 17.9. The highest BCUT2D eigenvalue weighted by Crippen LogP contribution is 2.39. The van der Waals surface area contributed by atoms with E-state index in [1.165, 1.54) is 85.9 Å². The van der Waals surface area contributed by atoms with Gasteiger partial charge in [0, 0.05) is 54.5 Å². The predicted molar refractivity (Wildman–Crippen MR) is 325 cm³/mol. The molecule has 0 amide bonds. The van der Waals surface area contributed by atoms with E-state index in [4.69, 9.17) is 4.98 Å². The molecule has 0 N–H and O–H groups in total. The monoisotopic (exact) mass is 997 g/mol. The Hall–Kier alpha value is -10.0. The minimum Gasteiger partial charge on any atom is -0.309 e. The second-order valence-corrected chi connectivity index (χ2v) is 24.1. The first-order chi connectivity index (χ1) is 38.2. The van der Waals surface area contributed by atoms with Crippen LogP contribution in [0.15, 0.2) is 285 Å². The van der Waals surface area contributed by atoms with Crippen LogP contribution in [-0.4, -0.2) is 31.3 Å². The second kappa shape index (κ2) is 17.0. The van der Waals surface area contributed by atoms with Crippen molar-refractivity contribution < 1.29 is 0 Å². The number of fused-ring (bicyclic) bond motifs is 12. The van der Waals surface area contributed by atoms with Crippen LogP contribution in [0.3, 0.4) is 0 Å². The summed E-state index contributed by atoms with van der Waals surface area (Å²) in [5, 5.41) is 14.8. The molecule has 77 heavy (non-hydrogen) atoms. The summed E-state index contributed by atoms with van der Waals surface area (Å²) in [6, 6.07) is 105. The van der Waals surface area contributed by atoms with Crippen molar-refractivity contribution in [1.29, 1.82) is 0 Å². The van der Waals surface area contributed by atoms with Gasteiger partial charge in [0.05, 0.1) is 44.1 Å². The van der Waals surface area contributed by atoms with Crippen molar-refractivity contribution >= 4 is 116 Å². The highest BCUT2D eigenvalue weighted by atomic mass is 28.3. The Morgan fingerprint density at radius 2 is 0.519 bits per heavy atom. The highest BCUT2D eigenvalue weighted by Gasteiger charge is 2.43. The van der Waals surface area contributed by atoms with Gasteiger partial charge in [-0.1, -0.05) is 200 Å². The minimum atomic E-state index is -3.32. The molecule has 5 heterocycles. The normalized spacial score (nSPS) is 12.2. The minimum absolute atomic E-state index is 0.859. The molecule has 11 aromatic carbocycles. The number of rotatable bonds is 8. The molecule has 6 heteroatoms. The molecule has 0 spiro atoms. The number of nitrogens with zero attached hydrogens (tertiary/aromatic N) is 5. The van der Waals surface area contributed by atoms with Crippen molar-refractivity contribution in [2.45, 2.75) is 0 Å². The fourth-order valence-electron chi connectivity index (χ4n) is 13.1. The number of hydrogen-bond donors (Lipinski definition) is 0. The van der Waals surface area contributed by atoms with Gasteiger partial charge in [-0.25, -0.2) is 4.98 Å². The standard InChI is InChI=1S/C71H47N5Si/c1-3-23-50(24-4-1)77(51-25-5-2-6-26-51,52-27-21-22-48(44-52)73-62-35-14-7-28-54(62)55-29-8-15-36-63(55)73)53-46-70(75-66-39-18-11-32-58(66)59-33-12-19-40-67(59)75)72-71(47-53)76-68-41-20-13-34-60(68)61-45-49(42-43-69(61)76)74-64-37-16-9-30-56(64)57-31-10-17-38-65(57)74/h1-47H. The molecule has 5 aromatic heterocycles. The maximum absolute atomic E-state index is 5.93. The Morgan fingerprint density at radius 1 is 0.208 bits per heavy atom. The van der Waals surface area contributed by atoms with Crippen molar-refractivity contribution in [1.82, 2.24) is 23.3 Å². The Labute approximate surface area is 445 Å². The van der Waals surface area contributed by atoms with Gasteiger partial charge in [-0.05, 0) is 106 Å². The maximum Gasteiger partial charge on any atom is 0.179 e. The summed E-state index contributed by atoms with van der Waals surface area (Å²) in [5.74, 6) is 1.72. The molecule has 0 radical (unpaired) electrons. The summed E-state index contributed by atoms with van der Waals surface area (Å²) in [4.78, 5) is 5.93.